The fourth-order valence-corrected chi connectivity index (χ4v) is 2.28. The normalized spacial score (nSPS) is 12.5. The van der Waals surface area contributed by atoms with Crippen molar-refractivity contribution in [2.24, 2.45) is 0 Å². The second-order valence-electron chi connectivity index (χ2n) is 3.16. The largest absolute Gasteiger partial charge is 0.481 e. The summed E-state index contributed by atoms with van der Waals surface area (Å²) < 4.78 is 1.92. The molecule has 0 bridgehead atoms. The van der Waals surface area contributed by atoms with Crippen molar-refractivity contribution in [2.75, 3.05) is 0 Å². The maximum atomic E-state index is 10.6. The Morgan fingerprint density at radius 2 is 2.14 bits per heavy atom. The van der Waals surface area contributed by atoms with Crippen molar-refractivity contribution in [3.05, 3.63) is 32.7 Å². The molecule has 0 saturated carbocycles. The van der Waals surface area contributed by atoms with Gasteiger partial charge in [-0.15, -0.1) is 0 Å². The minimum absolute atomic E-state index is 0.0133. The second kappa shape index (κ2) is 4.94. The molecular weight excluding hydrogens is 312 g/mol. The third kappa shape index (κ3) is 3.10. The molecule has 1 N–H and O–H groups in total. The fraction of sp³-hybridized carbons (Fsp3) is 0.300. The zero-order valence-electron chi connectivity index (χ0n) is 7.63. The highest BCUT2D eigenvalue weighted by Gasteiger charge is 2.13. The summed E-state index contributed by atoms with van der Waals surface area (Å²) in [5, 5.41) is 8.68. The highest BCUT2D eigenvalue weighted by Crippen LogP contribution is 2.29. The van der Waals surface area contributed by atoms with Crippen LogP contribution in [0.3, 0.4) is 0 Å². The van der Waals surface area contributed by atoms with Gasteiger partial charge in [0.2, 0.25) is 0 Å². The summed E-state index contributed by atoms with van der Waals surface area (Å²) in [6.45, 7) is 1.90. The van der Waals surface area contributed by atoms with Gasteiger partial charge in [0, 0.05) is 8.95 Å². The Morgan fingerprint density at radius 3 is 2.71 bits per heavy atom. The van der Waals surface area contributed by atoms with Crippen molar-refractivity contribution in [2.45, 2.75) is 19.3 Å². The van der Waals surface area contributed by atoms with Crippen LogP contribution in [-0.2, 0) is 4.79 Å². The van der Waals surface area contributed by atoms with Crippen LogP contribution in [0.25, 0.3) is 0 Å². The maximum Gasteiger partial charge on any atom is 0.303 e. The summed E-state index contributed by atoms with van der Waals surface area (Å²) in [6.07, 6.45) is 0.148. The van der Waals surface area contributed by atoms with Crippen LogP contribution < -0.4 is 0 Å². The smallest absolute Gasteiger partial charge is 0.303 e. The lowest BCUT2D eigenvalue weighted by Gasteiger charge is -2.11. The predicted molar refractivity (Wildman–Crippen MR) is 62.5 cm³/mol. The zero-order valence-corrected chi connectivity index (χ0v) is 10.8. The van der Waals surface area contributed by atoms with Crippen molar-refractivity contribution in [3.63, 3.8) is 0 Å². The number of carbonyl (C=O) groups is 1. The van der Waals surface area contributed by atoms with E-state index in [2.05, 4.69) is 31.9 Å². The first kappa shape index (κ1) is 11.7. The first-order valence-corrected chi connectivity index (χ1v) is 5.76. The highest BCUT2D eigenvalue weighted by molar-refractivity contribution is 9.11. The van der Waals surface area contributed by atoms with E-state index in [0.717, 1.165) is 14.5 Å². The van der Waals surface area contributed by atoms with E-state index in [-0.39, 0.29) is 12.3 Å². The second-order valence-corrected chi connectivity index (χ2v) is 4.93. The van der Waals surface area contributed by atoms with Crippen LogP contribution in [0.4, 0.5) is 0 Å². The molecule has 0 radical (unpaired) electrons. The molecule has 4 heteroatoms. The standard InChI is InChI=1S/C10H10Br2O2/c1-6(4-10(13)14)8-5-7(11)2-3-9(8)12/h2-3,5-6H,4H2,1H3,(H,13,14). The summed E-state index contributed by atoms with van der Waals surface area (Å²) >= 11 is 6.77. The molecule has 0 amide bonds. The van der Waals surface area contributed by atoms with Crippen molar-refractivity contribution in [1.29, 1.82) is 0 Å². The monoisotopic (exact) mass is 320 g/mol. The zero-order chi connectivity index (χ0) is 10.7. The minimum atomic E-state index is -0.774. The molecule has 0 spiro atoms. The van der Waals surface area contributed by atoms with E-state index in [1.165, 1.54) is 0 Å². The Balaban J connectivity index is 2.93. The summed E-state index contributed by atoms with van der Waals surface area (Å²) in [5.41, 5.74) is 1.02. The van der Waals surface area contributed by atoms with Gasteiger partial charge in [-0.2, -0.15) is 0 Å². The molecule has 0 aromatic heterocycles. The number of carboxylic acid groups (broad SMARTS) is 1. The third-order valence-electron chi connectivity index (χ3n) is 1.97. The lowest BCUT2D eigenvalue weighted by molar-refractivity contribution is -0.137. The van der Waals surface area contributed by atoms with Crippen LogP contribution in [0.1, 0.15) is 24.8 Å². The number of carboxylic acids is 1. The molecule has 0 fully saturated rings. The topological polar surface area (TPSA) is 37.3 Å². The molecule has 0 aliphatic heterocycles. The van der Waals surface area contributed by atoms with Gasteiger partial charge in [0.1, 0.15) is 0 Å². The maximum absolute atomic E-state index is 10.6. The van der Waals surface area contributed by atoms with Crippen LogP contribution >= 0.6 is 31.9 Å². The third-order valence-corrected chi connectivity index (χ3v) is 3.19. The first-order valence-electron chi connectivity index (χ1n) is 4.17. The van der Waals surface area contributed by atoms with E-state index in [1.807, 2.05) is 25.1 Å². The molecule has 0 saturated heterocycles. The molecule has 1 atom stereocenters. The summed E-state index contributed by atoms with van der Waals surface area (Å²) in [5.74, 6) is -0.760. The van der Waals surface area contributed by atoms with Crippen molar-refractivity contribution in [3.8, 4) is 0 Å². The number of hydrogen-bond acceptors (Lipinski definition) is 1. The summed E-state index contributed by atoms with van der Waals surface area (Å²) in [6, 6.07) is 5.77. The molecule has 1 rings (SSSR count). The van der Waals surface area contributed by atoms with Crippen molar-refractivity contribution >= 4 is 37.8 Å². The fourth-order valence-electron chi connectivity index (χ4n) is 1.26. The average molecular weight is 322 g/mol. The van der Waals surface area contributed by atoms with Gasteiger partial charge in [-0.05, 0) is 29.7 Å². The molecule has 14 heavy (non-hydrogen) atoms. The van der Waals surface area contributed by atoms with Crippen LogP contribution in [-0.4, -0.2) is 11.1 Å². The van der Waals surface area contributed by atoms with E-state index in [9.17, 15) is 4.79 Å². The van der Waals surface area contributed by atoms with Gasteiger partial charge < -0.3 is 5.11 Å². The molecular formula is C10H10Br2O2. The highest BCUT2D eigenvalue weighted by atomic mass is 79.9. The van der Waals surface area contributed by atoms with Gasteiger partial charge in [0.15, 0.2) is 0 Å². The Hall–Kier alpha value is -0.350. The number of benzene rings is 1. The number of hydrogen-bond donors (Lipinski definition) is 1. The van der Waals surface area contributed by atoms with Crippen LogP contribution in [0, 0.1) is 0 Å². The first-order chi connectivity index (χ1) is 6.50. The summed E-state index contributed by atoms with van der Waals surface area (Å²) in [4.78, 5) is 10.6. The molecule has 0 aliphatic rings. The molecule has 2 nitrogen and oxygen atoms in total. The summed E-state index contributed by atoms with van der Waals surface area (Å²) in [7, 11) is 0. The SMILES string of the molecule is CC(CC(=O)O)c1cc(Br)ccc1Br. The van der Waals surface area contributed by atoms with Gasteiger partial charge in [-0.1, -0.05) is 38.8 Å². The number of rotatable bonds is 3. The number of halogens is 2. The van der Waals surface area contributed by atoms with Gasteiger partial charge >= 0.3 is 5.97 Å². The Labute approximate surface area is 99.6 Å². The Bertz CT molecular complexity index is 350. The lowest BCUT2D eigenvalue weighted by Crippen LogP contribution is -2.03. The van der Waals surface area contributed by atoms with E-state index in [0.29, 0.717) is 0 Å². The molecule has 1 aromatic carbocycles. The van der Waals surface area contributed by atoms with Gasteiger partial charge in [0.05, 0.1) is 6.42 Å². The van der Waals surface area contributed by atoms with Crippen molar-refractivity contribution < 1.29 is 9.90 Å². The van der Waals surface area contributed by atoms with Crippen LogP contribution in [0.2, 0.25) is 0 Å². The van der Waals surface area contributed by atoms with E-state index in [4.69, 9.17) is 5.11 Å². The molecule has 0 aliphatic carbocycles. The lowest BCUT2D eigenvalue weighted by atomic mass is 9.98. The van der Waals surface area contributed by atoms with Gasteiger partial charge in [-0.3, -0.25) is 4.79 Å². The number of aliphatic carboxylic acids is 1. The van der Waals surface area contributed by atoms with E-state index < -0.39 is 5.97 Å². The van der Waals surface area contributed by atoms with Gasteiger partial charge in [-0.25, -0.2) is 0 Å². The molecule has 1 unspecified atom stereocenters. The van der Waals surface area contributed by atoms with Crippen molar-refractivity contribution in [1.82, 2.24) is 0 Å². The predicted octanol–water partition coefficient (Wildman–Crippen LogP) is 3.79. The van der Waals surface area contributed by atoms with E-state index >= 15 is 0 Å². The van der Waals surface area contributed by atoms with Crippen LogP contribution in [0.5, 0.6) is 0 Å². The average Bonchev–Trinajstić information content (AvgIpc) is 2.08. The Morgan fingerprint density at radius 1 is 1.50 bits per heavy atom. The van der Waals surface area contributed by atoms with Gasteiger partial charge in [0.25, 0.3) is 0 Å². The Kier molecular flexibility index (Phi) is 4.13. The molecule has 1 aromatic rings. The quantitative estimate of drug-likeness (QED) is 0.919. The van der Waals surface area contributed by atoms with E-state index in [1.54, 1.807) is 0 Å². The minimum Gasteiger partial charge on any atom is -0.481 e. The molecule has 0 heterocycles. The molecule has 76 valence electrons. The van der Waals surface area contributed by atoms with Crippen LogP contribution in [0.15, 0.2) is 27.1 Å².